The number of sulfone groups is 1. The topological polar surface area (TPSA) is 129 Å². The average molecular weight is 287 g/mol. The SMILES string of the molecule is CS(=O)(=O)CS(=O)(=O)N1C[C@@H](O)C[C@H]1C(=O)O. The highest BCUT2D eigenvalue weighted by molar-refractivity contribution is 8.06. The molecule has 0 aromatic rings. The summed E-state index contributed by atoms with van der Waals surface area (Å²) in [5.41, 5.74) is 0. The first-order valence-electron chi connectivity index (χ1n) is 4.61. The fourth-order valence-electron chi connectivity index (χ4n) is 1.65. The summed E-state index contributed by atoms with van der Waals surface area (Å²) in [4.78, 5) is 10.8. The lowest BCUT2D eigenvalue weighted by Crippen LogP contribution is -2.42. The summed E-state index contributed by atoms with van der Waals surface area (Å²) >= 11 is 0. The van der Waals surface area contributed by atoms with Gasteiger partial charge in [0, 0.05) is 19.2 Å². The predicted molar refractivity (Wildman–Crippen MR) is 57.4 cm³/mol. The first kappa shape index (κ1) is 14.4. The minimum Gasteiger partial charge on any atom is -0.480 e. The Kier molecular flexibility index (Phi) is 3.81. The molecule has 1 aliphatic heterocycles. The van der Waals surface area contributed by atoms with E-state index in [1.807, 2.05) is 0 Å². The lowest BCUT2D eigenvalue weighted by Gasteiger charge is -2.19. The van der Waals surface area contributed by atoms with Gasteiger partial charge in [0.15, 0.2) is 14.9 Å². The van der Waals surface area contributed by atoms with Crippen molar-refractivity contribution in [1.29, 1.82) is 0 Å². The number of carboxylic acid groups (broad SMARTS) is 1. The highest BCUT2D eigenvalue weighted by Crippen LogP contribution is 2.22. The number of sulfonamides is 1. The number of aliphatic hydroxyl groups is 1. The van der Waals surface area contributed by atoms with Gasteiger partial charge in [-0.05, 0) is 0 Å². The van der Waals surface area contributed by atoms with Gasteiger partial charge in [-0.1, -0.05) is 0 Å². The molecular formula is C7H13NO7S2. The van der Waals surface area contributed by atoms with Crippen LogP contribution >= 0.6 is 0 Å². The van der Waals surface area contributed by atoms with Crippen LogP contribution in [0.3, 0.4) is 0 Å². The van der Waals surface area contributed by atoms with Crippen LogP contribution in [0.4, 0.5) is 0 Å². The first-order chi connectivity index (χ1) is 7.53. The fraction of sp³-hybridized carbons (Fsp3) is 0.857. The van der Waals surface area contributed by atoms with Crippen molar-refractivity contribution in [1.82, 2.24) is 4.31 Å². The second-order valence-corrected chi connectivity index (χ2v) is 8.40. The lowest BCUT2D eigenvalue weighted by molar-refractivity contribution is -0.140. The van der Waals surface area contributed by atoms with Gasteiger partial charge in [0.2, 0.25) is 10.0 Å². The maximum absolute atomic E-state index is 11.7. The second kappa shape index (κ2) is 4.52. The Morgan fingerprint density at radius 1 is 1.35 bits per heavy atom. The summed E-state index contributed by atoms with van der Waals surface area (Å²) < 4.78 is 45.8. The summed E-state index contributed by atoms with van der Waals surface area (Å²) in [5.74, 6) is -1.40. The molecule has 0 radical (unpaired) electrons. The zero-order valence-corrected chi connectivity index (χ0v) is 10.6. The molecule has 1 rings (SSSR count). The van der Waals surface area contributed by atoms with Crippen LogP contribution in [-0.2, 0) is 24.7 Å². The van der Waals surface area contributed by atoms with E-state index in [0.29, 0.717) is 4.31 Å². The number of nitrogens with zero attached hydrogens (tertiary/aromatic N) is 1. The molecule has 0 aliphatic carbocycles. The van der Waals surface area contributed by atoms with Crippen LogP contribution in [0.25, 0.3) is 0 Å². The van der Waals surface area contributed by atoms with Crippen molar-refractivity contribution in [3.63, 3.8) is 0 Å². The molecule has 0 bridgehead atoms. The van der Waals surface area contributed by atoms with Gasteiger partial charge in [-0.3, -0.25) is 4.79 Å². The monoisotopic (exact) mass is 287 g/mol. The smallest absolute Gasteiger partial charge is 0.322 e. The fourth-order valence-corrected chi connectivity index (χ4v) is 5.32. The summed E-state index contributed by atoms with van der Waals surface area (Å²) in [5, 5.41) is 16.9. The number of aliphatic carboxylic acids is 1. The second-order valence-electron chi connectivity index (χ2n) is 3.97. The van der Waals surface area contributed by atoms with E-state index >= 15 is 0 Å². The Labute approximate surface area is 98.8 Å². The van der Waals surface area contributed by atoms with Crippen molar-refractivity contribution < 1.29 is 31.8 Å². The maximum Gasteiger partial charge on any atom is 0.322 e. The molecule has 0 aromatic heterocycles. The van der Waals surface area contributed by atoms with Crippen LogP contribution in [0.1, 0.15) is 6.42 Å². The molecule has 17 heavy (non-hydrogen) atoms. The van der Waals surface area contributed by atoms with E-state index in [2.05, 4.69) is 0 Å². The van der Waals surface area contributed by atoms with E-state index < -0.39 is 49.6 Å². The molecular weight excluding hydrogens is 274 g/mol. The Balaban J connectivity index is 3.02. The van der Waals surface area contributed by atoms with Gasteiger partial charge in [-0.25, -0.2) is 16.8 Å². The molecule has 1 heterocycles. The van der Waals surface area contributed by atoms with Crippen LogP contribution in [0, 0.1) is 0 Å². The minimum absolute atomic E-state index is 0.238. The lowest BCUT2D eigenvalue weighted by atomic mass is 10.2. The molecule has 2 atom stereocenters. The van der Waals surface area contributed by atoms with E-state index in [4.69, 9.17) is 5.11 Å². The first-order valence-corrected chi connectivity index (χ1v) is 8.28. The molecule has 10 heteroatoms. The van der Waals surface area contributed by atoms with E-state index in [-0.39, 0.29) is 6.42 Å². The van der Waals surface area contributed by atoms with E-state index in [1.54, 1.807) is 0 Å². The Bertz CT molecular complexity index is 508. The Morgan fingerprint density at radius 3 is 2.29 bits per heavy atom. The predicted octanol–water partition coefficient (Wildman–Crippen LogP) is -2.16. The number of β-amino-alcohol motifs (C(OH)–C–C–N with tert-alkyl or cyclic N) is 1. The summed E-state index contributed by atoms with van der Waals surface area (Å²) in [6.07, 6.45) is -0.587. The Morgan fingerprint density at radius 2 is 1.88 bits per heavy atom. The largest absolute Gasteiger partial charge is 0.480 e. The molecule has 1 saturated heterocycles. The third kappa shape index (κ3) is 3.63. The van der Waals surface area contributed by atoms with Crippen molar-refractivity contribution in [3.8, 4) is 0 Å². The van der Waals surface area contributed by atoms with Gasteiger partial charge in [0.25, 0.3) is 0 Å². The molecule has 8 nitrogen and oxygen atoms in total. The van der Waals surface area contributed by atoms with Gasteiger partial charge in [0.1, 0.15) is 6.04 Å². The minimum atomic E-state index is -4.24. The molecule has 0 unspecified atom stereocenters. The average Bonchev–Trinajstić information content (AvgIpc) is 2.43. The summed E-state index contributed by atoms with van der Waals surface area (Å²) in [6, 6.07) is -1.41. The van der Waals surface area contributed by atoms with Gasteiger partial charge < -0.3 is 10.2 Å². The highest BCUT2D eigenvalue weighted by atomic mass is 32.3. The van der Waals surface area contributed by atoms with Crippen LogP contribution < -0.4 is 0 Å². The molecule has 0 spiro atoms. The van der Waals surface area contributed by atoms with E-state index in [9.17, 15) is 26.7 Å². The summed E-state index contributed by atoms with van der Waals surface area (Å²) in [7, 11) is -8.03. The molecule has 1 aliphatic rings. The van der Waals surface area contributed by atoms with Gasteiger partial charge in [-0.2, -0.15) is 4.31 Å². The van der Waals surface area contributed by atoms with Crippen LogP contribution in [0.2, 0.25) is 0 Å². The third-order valence-corrected chi connectivity index (χ3v) is 6.26. The van der Waals surface area contributed by atoms with Crippen molar-refractivity contribution in [2.45, 2.75) is 18.6 Å². The third-order valence-electron chi connectivity index (χ3n) is 2.24. The van der Waals surface area contributed by atoms with Gasteiger partial charge in [0.05, 0.1) is 6.10 Å². The number of rotatable bonds is 4. The maximum atomic E-state index is 11.7. The number of hydrogen-bond donors (Lipinski definition) is 2. The summed E-state index contributed by atoms with van der Waals surface area (Å²) in [6.45, 7) is -0.394. The zero-order valence-electron chi connectivity index (χ0n) is 8.98. The van der Waals surface area contributed by atoms with E-state index in [0.717, 1.165) is 6.26 Å². The number of carboxylic acids is 1. The zero-order chi connectivity index (χ0) is 13.4. The van der Waals surface area contributed by atoms with Crippen molar-refractivity contribution >= 4 is 25.8 Å². The quantitative estimate of drug-likeness (QED) is 0.602. The van der Waals surface area contributed by atoms with Crippen molar-refractivity contribution in [2.75, 3.05) is 17.9 Å². The normalized spacial score (nSPS) is 27.2. The van der Waals surface area contributed by atoms with Crippen LogP contribution in [-0.4, -0.2) is 67.4 Å². The molecule has 2 N–H and O–H groups in total. The van der Waals surface area contributed by atoms with Crippen LogP contribution in [0.5, 0.6) is 0 Å². The number of aliphatic hydroxyl groups excluding tert-OH is 1. The number of carbonyl (C=O) groups is 1. The van der Waals surface area contributed by atoms with Crippen LogP contribution in [0.15, 0.2) is 0 Å². The van der Waals surface area contributed by atoms with Crippen molar-refractivity contribution in [2.24, 2.45) is 0 Å². The Hall–Kier alpha value is -0.710. The molecule has 0 aromatic carbocycles. The molecule has 1 fully saturated rings. The number of hydrogen-bond acceptors (Lipinski definition) is 6. The standard InChI is InChI=1S/C7H13NO7S2/c1-16(12,13)4-17(14,15)8-3-5(9)2-6(8)7(10)11/h5-6,9H,2-4H2,1H3,(H,10,11)/t5-,6-/m0/s1. The molecule has 100 valence electrons. The van der Waals surface area contributed by atoms with Gasteiger partial charge >= 0.3 is 5.97 Å². The van der Waals surface area contributed by atoms with Crippen molar-refractivity contribution in [3.05, 3.63) is 0 Å². The highest BCUT2D eigenvalue weighted by Gasteiger charge is 2.43. The molecule has 0 saturated carbocycles. The van der Waals surface area contributed by atoms with Gasteiger partial charge in [-0.15, -0.1) is 0 Å². The molecule has 0 amide bonds. The van der Waals surface area contributed by atoms with E-state index in [1.165, 1.54) is 0 Å².